The summed E-state index contributed by atoms with van der Waals surface area (Å²) in [4.78, 5) is 18.7. The number of nitrogens with one attached hydrogen (secondary N) is 1. The van der Waals surface area contributed by atoms with Crippen molar-refractivity contribution in [1.29, 1.82) is 0 Å². The van der Waals surface area contributed by atoms with Crippen molar-refractivity contribution >= 4 is 45.5 Å². The number of aromatic nitrogens is 1. The van der Waals surface area contributed by atoms with Gasteiger partial charge >= 0.3 is 0 Å². The number of amides is 1. The van der Waals surface area contributed by atoms with E-state index in [1.807, 2.05) is 22.9 Å². The number of carbonyl (C=O) groups excluding carboxylic acids is 1. The first-order valence-corrected chi connectivity index (χ1v) is 9.65. The molecular formula is C16H14N2OS3. The van der Waals surface area contributed by atoms with Crippen LogP contribution in [-0.2, 0) is 11.2 Å². The Morgan fingerprint density at radius 1 is 1.23 bits per heavy atom. The lowest BCUT2D eigenvalue weighted by Crippen LogP contribution is -2.13. The summed E-state index contributed by atoms with van der Waals surface area (Å²) in [5, 5.41) is 7.45. The lowest BCUT2D eigenvalue weighted by molar-refractivity contribution is -0.115. The third-order valence-corrected chi connectivity index (χ3v) is 5.43. The summed E-state index contributed by atoms with van der Waals surface area (Å²) in [6.45, 7) is 0. The highest BCUT2D eigenvalue weighted by Gasteiger charge is 2.09. The average molecular weight is 347 g/mol. The van der Waals surface area contributed by atoms with Crippen molar-refractivity contribution in [3.8, 4) is 11.3 Å². The molecule has 112 valence electrons. The van der Waals surface area contributed by atoms with Gasteiger partial charge in [-0.2, -0.15) is 0 Å². The van der Waals surface area contributed by atoms with Crippen LogP contribution in [0.4, 0.5) is 5.13 Å². The molecule has 0 fully saturated rings. The third-order valence-electron chi connectivity index (χ3n) is 3.05. The van der Waals surface area contributed by atoms with Crippen LogP contribution in [0.5, 0.6) is 0 Å². The highest BCUT2D eigenvalue weighted by molar-refractivity contribution is 7.98. The molecule has 0 radical (unpaired) electrons. The van der Waals surface area contributed by atoms with Gasteiger partial charge in [-0.25, -0.2) is 4.98 Å². The zero-order valence-corrected chi connectivity index (χ0v) is 14.4. The average Bonchev–Trinajstić information content (AvgIpc) is 3.19. The number of carbonyl (C=O) groups is 1. The maximum Gasteiger partial charge on any atom is 0.231 e. The summed E-state index contributed by atoms with van der Waals surface area (Å²) in [6.07, 6.45) is 2.45. The number of hydrogen-bond acceptors (Lipinski definition) is 5. The Balaban J connectivity index is 1.66. The molecule has 1 aromatic carbocycles. The van der Waals surface area contributed by atoms with Crippen LogP contribution in [0.25, 0.3) is 11.3 Å². The van der Waals surface area contributed by atoms with Crippen molar-refractivity contribution in [1.82, 2.24) is 4.98 Å². The fourth-order valence-electron chi connectivity index (χ4n) is 1.96. The number of thiazole rings is 1. The number of rotatable bonds is 5. The molecule has 3 aromatic rings. The molecule has 0 aliphatic heterocycles. The summed E-state index contributed by atoms with van der Waals surface area (Å²) in [5.41, 5.74) is 1.96. The van der Waals surface area contributed by atoms with Crippen LogP contribution in [0.15, 0.2) is 52.1 Å². The fourth-order valence-corrected chi connectivity index (χ4v) is 3.81. The maximum absolute atomic E-state index is 12.0. The second-order valence-electron chi connectivity index (χ2n) is 4.57. The van der Waals surface area contributed by atoms with Crippen LogP contribution in [0, 0.1) is 0 Å². The highest BCUT2D eigenvalue weighted by Crippen LogP contribution is 2.26. The molecule has 0 atom stereocenters. The molecule has 22 heavy (non-hydrogen) atoms. The van der Waals surface area contributed by atoms with Crippen molar-refractivity contribution in [2.24, 2.45) is 0 Å². The Morgan fingerprint density at radius 3 is 2.73 bits per heavy atom. The number of benzene rings is 1. The van der Waals surface area contributed by atoms with E-state index in [9.17, 15) is 4.79 Å². The van der Waals surface area contributed by atoms with E-state index >= 15 is 0 Å². The van der Waals surface area contributed by atoms with E-state index in [0.29, 0.717) is 11.6 Å². The number of thiophene rings is 1. The topological polar surface area (TPSA) is 42.0 Å². The van der Waals surface area contributed by atoms with E-state index in [-0.39, 0.29) is 5.91 Å². The van der Waals surface area contributed by atoms with E-state index in [1.165, 1.54) is 16.2 Å². The Labute approximate surface area is 141 Å². The molecule has 2 aromatic heterocycles. The number of thioether (sulfide) groups is 1. The first kappa shape index (κ1) is 15.3. The summed E-state index contributed by atoms with van der Waals surface area (Å²) in [5.74, 6) is -0.0268. The molecule has 1 N–H and O–H groups in total. The Hall–Kier alpha value is -1.63. The van der Waals surface area contributed by atoms with Gasteiger partial charge in [-0.1, -0.05) is 18.2 Å². The largest absolute Gasteiger partial charge is 0.302 e. The van der Waals surface area contributed by atoms with Gasteiger partial charge in [0.25, 0.3) is 0 Å². The van der Waals surface area contributed by atoms with Crippen LogP contribution in [-0.4, -0.2) is 17.1 Å². The molecule has 0 aliphatic rings. The molecule has 2 heterocycles. The third kappa shape index (κ3) is 3.76. The summed E-state index contributed by atoms with van der Waals surface area (Å²) < 4.78 is 0. The normalized spacial score (nSPS) is 10.6. The minimum atomic E-state index is -0.0268. The Morgan fingerprint density at radius 2 is 2.05 bits per heavy atom. The minimum Gasteiger partial charge on any atom is -0.302 e. The van der Waals surface area contributed by atoms with Gasteiger partial charge in [0.2, 0.25) is 5.91 Å². The van der Waals surface area contributed by atoms with Crippen LogP contribution >= 0.6 is 34.4 Å². The second-order valence-corrected chi connectivity index (χ2v) is 7.34. The number of anilines is 1. The SMILES string of the molecule is CSc1ccc(-c2csc(NC(=O)Cc3cccs3)n2)cc1. The van der Waals surface area contributed by atoms with Crippen molar-refractivity contribution < 1.29 is 4.79 Å². The molecule has 3 nitrogen and oxygen atoms in total. The van der Waals surface area contributed by atoms with E-state index in [1.54, 1.807) is 23.1 Å². The minimum absolute atomic E-state index is 0.0268. The van der Waals surface area contributed by atoms with Gasteiger partial charge in [-0.05, 0) is 29.8 Å². The van der Waals surface area contributed by atoms with Crippen LogP contribution in [0.1, 0.15) is 4.88 Å². The molecule has 1 amide bonds. The first-order chi connectivity index (χ1) is 10.7. The fraction of sp³-hybridized carbons (Fsp3) is 0.125. The van der Waals surface area contributed by atoms with Gasteiger partial charge in [0, 0.05) is 20.7 Å². The lowest BCUT2D eigenvalue weighted by atomic mass is 10.2. The molecule has 0 saturated heterocycles. The molecule has 0 saturated carbocycles. The van der Waals surface area contributed by atoms with Gasteiger partial charge in [0.05, 0.1) is 12.1 Å². The van der Waals surface area contributed by atoms with Crippen LogP contribution < -0.4 is 5.32 Å². The van der Waals surface area contributed by atoms with Gasteiger partial charge in [0.1, 0.15) is 0 Å². The first-order valence-electron chi connectivity index (χ1n) is 6.67. The van der Waals surface area contributed by atoms with E-state index < -0.39 is 0 Å². The molecule has 3 rings (SSSR count). The molecular weight excluding hydrogens is 332 g/mol. The molecule has 0 aliphatic carbocycles. The number of nitrogens with zero attached hydrogens (tertiary/aromatic N) is 1. The lowest BCUT2D eigenvalue weighted by Gasteiger charge is -2.00. The van der Waals surface area contributed by atoms with Gasteiger partial charge in [-0.3, -0.25) is 4.79 Å². The van der Waals surface area contributed by atoms with E-state index in [4.69, 9.17) is 0 Å². The van der Waals surface area contributed by atoms with Gasteiger partial charge < -0.3 is 5.32 Å². The zero-order chi connectivity index (χ0) is 15.4. The predicted molar refractivity (Wildman–Crippen MR) is 96.0 cm³/mol. The molecule has 0 spiro atoms. The highest BCUT2D eigenvalue weighted by atomic mass is 32.2. The maximum atomic E-state index is 12.0. The Bertz CT molecular complexity index is 748. The standard InChI is InChI=1S/C16H14N2OS3/c1-20-12-6-4-11(5-7-12)14-10-22-16(17-14)18-15(19)9-13-3-2-8-21-13/h2-8,10H,9H2,1H3,(H,17,18,19). The quantitative estimate of drug-likeness (QED) is 0.676. The van der Waals surface area contributed by atoms with Crippen molar-refractivity contribution in [2.45, 2.75) is 11.3 Å². The Kier molecular flexibility index (Phi) is 4.92. The molecule has 0 bridgehead atoms. The van der Waals surface area contributed by atoms with Gasteiger partial charge in [-0.15, -0.1) is 34.4 Å². The van der Waals surface area contributed by atoms with Crippen LogP contribution in [0.2, 0.25) is 0 Å². The van der Waals surface area contributed by atoms with Gasteiger partial charge in [0.15, 0.2) is 5.13 Å². The van der Waals surface area contributed by atoms with E-state index in [2.05, 4.69) is 40.8 Å². The summed E-state index contributed by atoms with van der Waals surface area (Å²) in [6, 6.07) is 12.2. The smallest absolute Gasteiger partial charge is 0.231 e. The van der Waals surface area contributed by atoms with Crippen molar-refractivity contribution in [2.75, 3.05) is 11.6 Å². The molecule has 6 heteroatoms. The summed E-state index contributed by atoms with van der Waals surface area (Å²) in [7, 11) is 0. The second kappa shape index (κ2) is 7.09. The molecule has 0 unspecified atom stereocenters. The van der Waals surface area contributed by atoms with Crippen LogP contribution in [0.3, 0.4) is 0 Å². The predicted octanol–water partition coefficient (Wildman–Crippen LogP) is 4.77. The number of hydrogen-bond donors (Lipinski definition) is 1. The zero-order valence-electron chi connectivity index (χ0n) is 11.9. The monoisotopic (exact) mass is 346 g/mol. The van der Waals surface area contributed by atoms with Crippen molar-refractivity contribution in [3.63, 3.8) is 0 Å². The van der Waals surface area contributed by atoms with E-state index in [0.717, 1.165) is 16.1 Å². The summed E-state index contributed by atoms with van der Waals surface area (Å²) >= 11 is 4.75. The van der Waals surface area contributed by atoms with Crippen molar-refractivity contribution in [3.05, 3.63) is 52.0 Å².